The summed E-state index contributed by atoms with van der Waals surface area (Å²) < 4.78 is 7.47. The van der Waals surface area contributed by atoms with E-state index >= 15 is 0 Å². The third-order valence-electron chi connectivity index (χ3n) is 5.81. The van der Waals surface area contributed by atoms with E-state index in [-0.39, 0.29) is 16.9 Å². The van der Waals surface area contributed by atoms with E-state index in [0.717, 1.165) is 18.8 Å². The Labute approximate surface area is 192 Å². The molecule has 32 heavy (non-hydrogen) atoms. The molecule has 7 nitrogen and oxygen atoms in total. The average Bonchev–Trinajstić information content (AvgIpc) is 3.23. The Morgan fingerprint density at radius 1 is 1.16 bits per heavy atom. The van der Waals surface area contributed by atoms with Gasteiger partial charge in [0.15, 0.2) is 11.1 Å². The van der Waals surface area contributed by atoms with Gasteiger partial charge in [0.2, 0.25) is 0 Å². The van der Waals surface area contributed by atoms with Crippen molar-refractivity contribution < 1.29 is 9.53 Å². The fourth-order valence-corrected chi connectivity index (χ4v) is 4.61. The van der Waals surface area contributed by atoms with Crippen molar-refractivity contribution in [3.63, 3.8) is 0 Å². The molecule has 1 atom stereocenters. The van der Waals surface area contributed by atoms with Gasteiger partial charge in [0, 0.05) is 50.4 Å². The molecule has 4 rings (SSSR count). The van der Waals surface area contributed by atoms with E-state index in [2.05, 4.69) is 42.8 Å². The lowest BCUT2D eigenvalue weighted by atomic mass is 9.87. The van der Waals surface area contributed by atoms with Crippen LogP contribution in [-0.4, -0.2) is 57.4 Å². The molecule has 0 radical (unpaired) electrons. The molecule has 0 saturated carbocycles. The predicted octanol–water partition coefficient (Wildman–Crippen LogP) is 3.17. The summed E-state index contributed by atoms with van der Waals surface area (Å²) in [5, 5.41) is 1.86. The minimum atomic E-state index is -0.537. The van der Waals surface area contributed by atoms with Gasteiger partial charge in [-0.3, -0.25) is 18.9 Å². The van der Waals surface area contributed by atoms with Crippen LogP contribution in [0.1, 0.15) is 39.0 Å². The number of ether oxygens (including phenoxy) is 1. The van der Waals surface area contributed by atoms with Gasteiger partial charge in [-0.05, 0) is 30.0 Å². The van der Waals surface area contributed by atoms with Crippen LogP contribution in [0.25, 0.3) is 4.96 Å². The summed E-state index contributed by atoms with van der Waals surface area (Å²) in [5.41, 5.74) is 2.03. The lowest BCUT2D eigenvalue weighted by Crippen LogP contribution is -2.51. The summed E-state index contributed by atoms with van der Waals surface area (Å²) in [4.78, 5) is 34.4. The van der Waals surface area contributed by atoms with Crippen molar-refractivity contribution in [2.24, 2.45) is 0 Å². The van der Waals surface area contributed by atoms with Crippen LogP contribution in [0.15, 0.2) is 46.7 Å². The van der Waals surface area contributed by atoms with Crippen molar-refractivity contribution in [3.8, 4) is 5.75 Å². The monoisotopic (exact) mass is 454 g/mol. The van der Waals surface area contributed by atoms with Gasteiger partial charge in [0.05, 0.1) is 5.69 Å². The molecule has 0 aliphatic carbocycles. The molecule has 0 unspecified atom stereocenters. The van der Waals surface area contributed by atoms with E-state index in [0.29, 0.717) is 30.3 Å². The Morgan fingerprint density at radius 3 is 2.50 bits per heavy atom. The standard InChI is InChI=1S/C24H30N4O3S/c1-17(31-20-7-5-18(6-8-20)24(2,3)4)22(30)27-11-9-26(10-12-27)16-19-15-21(29)28-13-14-32-23(28)25-19/h5-8,13-15,17H,9-12,16H2,1-4H3/t17-/m0/s1. The van der Waals surface area contributed by atoms with Gasteiger partial charge in [-0.1, -0.05) is 32.9 Å². The molecule has 2 aromatic heterocycles. The number of fused-ring (bicyclic) bond motifs is 1. The Bertz CT molecular complexity index is 1140. The molecule has 0 N–H and O–H groups in total. The second-order valence-electron chi connectivity index (χ2n) is 9.28. The van der Waals surface area contributed by atoms with Gasteiger partial charge in [0.1, 0.15) is 5.75 Å². The maximum Gasteiger partial charge on any atom is 0.263 e. The minimum Gasteiger partial charge on any atom is -0.481 e. The molecule has 0 spiro atoms. The van der Waals surface area contributed by atoms with E-state index in [4.69, 9.17) is 4.74 Å². The number of hydrogen-bond donors (Lipinski definition) is 0. The molecule has 0 bridgehead atoms. The van der Waals surface area contributed by atoms with E-state index in [1.807, 2.05) is 22.4 Å². The van der Waals surface area contributed by atoms with E-state index in [1.165, 1.54) is 16.9 Å². The first-order valence-corrected chi connectivity index (χ1v) is 11.8. The number of carbonyl (C=O) groups excluding carboxylic acids is 1. The van der Waals surface area contributed by atoms with Gasteiger partial charge in [0.25, 0.3) is 11.5 Å². The number of nitrogens with zero attached hydrogens (tertiary/aromatic N) is 4. The Kier molecular flexibility index (Phi) is 6.35. The van der Waals surface area contributed by atoms with Crippen LogP contribution in [0, 0.1) is 0 Å². The van der Waals surface area contributed by atoms with Crippen LogP contribution in [0.2, 0.25) is 0 Å². The van der Waals surface area contributed by atoms with Gasteiger partial charge < -0.3 is 9.64 Å². The highest BCUT2D eigenvalue weighted by molar-refractivity contribution is 7.15. The zero-order valence-electron chi connectivity index (χ0n) is 19.1. The number of benzene rings is 1. The highest BCUT2D eigenvalue weighted by Gasteiger charge is 2.26. The number of amides is 1. The van der Waals surface area contributed by atoms with Crippen molar-refractivity contribution >= 4 is 22.2 Å². The van der Waals surface area contributed by atoms with Crippen molar-refractivity contribution in [3.05, 3.63) is 63.5 Å². The maximum absolute atomic E-state index is 12.9. The van der Waals surface area contributed by atoms with E-state index in [9.17, 15) is 9.59 Å². The smallest absolute Gasteiger partial charge is 0.263 e. The van der Waals surface area contributed by atoms with Gasteiger partial charge in [-0.15, -0.1) is 11.3 Å². The van der Waals surface area contributed by atoms with Gasteiger partial charge in [-0.2, -0.15) is 0 Å². The van der Waals surface area contributed by atoms with Crippen molar-refractivity contribution in [2.45, 2.75) is 45.8 Å². The van der Waals surface area contributed by atoms with Gasteiger partial charge in [-0.25, -0.2) is 4.98 Å². The molecular weight excluding hydrogens is 424 g/mol. The number of carbonyl (C=O) groups is 1. The summed E-state index contributed by atoms with van der Waals surface area (Å²) in [7, 11) is 0. The summed E-state index contributed by atoms with van der Waals surface area (Å²) in [6.07, 6.45) is 1.20. The molecule has 3 heterocycles. The highest BCUT2D eigenvalue weighted by Crippen LogP contribution is 2.25. The SMILES string of the molecule is C[C@H](Oc1ccc(C(C)(C)C)cc1)C(=O)N1CCN(Cc2cc(=O)n3ccsc3n2)CC1. The van der Waals surface area contributed by atoms with Gasteiger partial charge >= 0.3 is 0 Å². The second-order valence-corrected chi connectivity index (χ2v) is 10.2. The first-order valence-electron chi connectivity index (χ1n) is 10.9. The fraction of sp³-hybridized carbons (Fsp3) is 0.458. The van der Waals surface area contributed by atoms with Crippen LogP contribution in [0.4, 0.5) is 0 Å². The summed E-state index contributed by atoms with van der Waals surface area (Å²) >= 11 is 1.45. The normalized spacial score (nSPS) is 16.3. The predicted molar refractivity (Wildman–Crippen MR) is 126 cm³/mol. The largest absolute Gasteiger partial charge is 0.481 e. The van der Waals surface area contributed by atoms with E-state index < -0.39 is 6.10 Å². The first-order chi connectivity index (χ1) is 15.2. The van der Waals surface area contributed by atoms with Crippen LogP contribution in [0.3, 0.4) is 0 Å². The number of rotatable bonds is 5. The molecule has 8 heteroatoms. The topological polar surface area (TPSA) is 67.2 Å². The van der Waals surface area contributed by atoms with Crippen molar-refractivity contribution in [1.82, 2.24) is 19.2 Å². The molecule has 170 valence electrons. The summed E-state index contributed by atoms with van der Waals surface area (Å²) in [6, 6.07) is 9.57. The van der Waals surface area contributed by atoms with Crippen LogP contribution < -0.4 is 10.3 Å². The van der Waals surface area contributed by atoms with Crippen LogP contribution >= 0.6 is 11.3 Å². The molecule has 1 amide bonds. The number of aromatic nitrogens is 2. The molecule has 1 aliphatic heterocycles. The zero-order valence-corrected chi connectivity index (χ0v) is 19.9. The molecule has 1 fully saturated rings. The fourth-order valence-electron chi connectivity index (χ4n) is 3.87. The third-order valence-corrected chi connectivity index (χ3v) is 6.56. The highest BCUT2D eigenvalue weighted by atomic mass is 32.1. The van der Waals surface area contributed by atoms with Crippen molar-refractivity contribution in [2.75, 3.05) is 26.2 Å². The molecule has 1 aromatic carbocycles. The lowest BCUT2D eigenvalue weighted by Gasteiger charge is -2.35. The number of hydrogen-bond acceptors (Lipinski definition) is 6. The van der Waals surface area contributed by atoms with Crippen molar-refractivity contribution in [1.29, 1.82) is 0 Å². The molecule has 3 aromatic rings. The molecular formula is C24H30N4O3S. The Balaban J connectivity index is 1.30. The number of thiazole rings is 1. The first kappa shape index (κ1) is 22.5. The quantitative estimate of drug-likeness (QED) is 0.592. The lowest BCUT2D eigenvalue weighted by molar-refractivity contribution is -0.139. The minimum absolute atomic E-state index is 0.000854. The zero-order chi connectivity index (χ0) is 22.9. The maximum atomic E-state index is 12.9. The molecule has 1 aliphatic rings. The third kappa shape index (κ3) is 5.02. The molecule has 1 saturated heterocycles. The Morgan fingerprint density at radius 2 is 1.84 bits per heavy atom. The Hall–Kier alpha value is -2.71. The average molecular weight is 455 g/mol. The summed E-state index contributed by atoms with van der Waals surface area (Å²) in [6.45, 7) is 11.7. The summed E-state index contributed by atoms with van der Waals surface area (Å²) in [5.74, 6) is 0.708. The van der Waals surface area contributed by atoms with Crippen LogP contribution in [0.5, 0.6) is 5.75 Å². The number of piperazine rings is 1. The van der Waals surface area contributed by atoms with E-state index in [1.54, 1.807) is 23.6 Å². The second kappa shape index (κ2) is 9.03. The van der Waals surface area contributed by atoms with Crippen LogP contribution in [-0.2, 0) is 16.8 Å².